The molecule has 1 fully saturated rings. The predicted molar refractivity (Wildman–Crippen MR) is 87.7 cm³/mol. The van der Waals surface area contributed by atoms with Gasteiger partial charge in [-0.25, -0.2) is 0 Å². The van der Waals surface area contributed by atoms with E-state index in [1.165, 1.54) is 19.2 Å². The fourth-order valence-electron chi connectivity index (χ4n) is 2.39. The lowest BCUT2D eigenvalue weighted by Gasteiger charge is -2.34. The summed E-state index contributed by atoms with van der Waals surface area (Å²) in [5.41, 5.74) is 5.03. The molecule has 0 saturated carbocycles. The van der Waals surface area contributed by atoms with E-state index in [1.807, 2.05) is 0 Å². The quantitative estimate of drug-likeness (QED) is 0.770. The minimum Gasteiger partial charge on any atom is -0.368 e. The molecule has 1 aliphatic heterocycles. The van der Waals surface area contributed by atoms with Crippen molar-refractivity contribution < 1.29 is 14.3 Å². The molecule has 1 aromatic carbocycles. The van der Waals surface area contributed by atoms with E-state index in [-0.39, 0.29) is 28.9 Å². The molecule has 1 heterocycles. The Hall–Kier alpha value is -1.34. The van der Waals surface area contributed by atoms with Crippen LogP contribution in [-0.2, 0) is 9.53 Å². The van der Waals surface area contributed by atoms with Gasteiger partial charge >= 0.3 is 0 Å². The van der Waals surface area contributed by atoms with Gasteiger partial charge in [-0.1, -0.05) is 11.6 Å². The largest absolute Gasteiger partial charge is 0.368 e. The van der Waals surface area contributed by atoms with Crippen LogP contribution in [0.4, 0.5) is 5.69 Å². The maximum atomic E-state index is 12.5. The molecule has 6 nitrogen and oxygen atoms in total. The van der Waals surface area contributed by atoms with Crippen LogP contribution >= 0.6 is 24.0 Å². The summed E-state index contributed by atoms with van der Waals surface area (Å²) in [6.45, 7) is 1.43. The number of amides is 2. The second-order valence-electron chi connectivity index (χ2n) is 4.96. The smallest absolute Gasteiger partial charge is 0.256 e. The number of hydrogen-bond acceptors (Lipinski definition) is 4. The van der Waals surface area contributed by atoms with Crippen LogP contribution in [0.3, 0.4) is 0 Å². The predicted octanol–water partition coefficient (Wildman–Crippen LogP) is 1.57. The van der Waals surface area contributed by atoms with Crippen LogP contribution in [0.2, 0.25) is 5.02 Å². The lowest BCUT2D eigenvalue weighted by atomic mass is 9.91. The first-order chi connectivity index (χ1) is 9.98. The highest BCUT2D eigenvalue weighted by Gasteiger charge is 2.39. The molecular formula is C14H19Cl2N3O3. The van der Waals surface area contributed by atoms with E-state index in [2.05, 4.69) is 10.6 Å². The maximum absolute atomic E-state index is 12.5. The first kappa shape index (κ1) is 18.7. The molecule has 8 heteroatoms. The summed E-state index contributed by atoms with van der Waals surface area (Å²) in [6, 6.07) is 4.61. The highest BCUT2D eigenvalue weighted by atomic mass is 35.5. The molecule has 0 aromatic heterocycles. The lowest BCUT2D eigenvalue weighted by molar-refractivity contribution is -0.140. The number of halogens is 2. The molecule has 4 N–H and O–H groups in total. The molecule has 0 spiro atoms. The van der Waals surface area contributed by atoms with Crippen molar-refractivity contribution in [3.63, 3.8) is 0 Å². The fraction of sp³-hybridized carbons (Fsp3) is 0.429. The van der Waals surface area contributed by atoms with Crippen molar-refractivity contribution in [1.29, 1.82) is 0 Å². The fourth-order valence-corrected chi connectivity index (χ4v) is 2.60. The Labute approximate surface area is 140 Å². The summed E-state index contributed by atoms with van der Waals surface area (Å²) in [5.74, 6) is -0.872. The van der Waals surface area contributed by atoms with Crippen molar-refractivity contribution in [2.75, 3.05) is 25.5 Å². The Kier molecular flexibility index (Phi) is 6.62. The van der Waals surface area contributed by atoms with E-state index in [0.29, 0.717) is 31.6 Å². The normalized spacial score (nSPS) is 16.5. The van der Waals surface area contributed by atoms with Gasteiger partial charge in [0, 0.05) is 12.8 Å². The van der Waals surface area contributed by atoms with Crippen molar-refractivity contribution in [3.8, 4) is 0 Å². The van der Waals surface area contributed by atoms with Gasteiger partial charge in [-0.3, -0.25) is 9.59 Å². The van der Waals surface area contributed by atoms with Crippen molar-refractivity contribution in [2.45, 2.75) is 18.4 Å². The number of primary amides is 1. The topological polar surface area (TPSA) is 93.4 Å². The van der Waals surface area contributed by atoms with Gasteiger partial charge in [-0.05, 0) is 44.1 Å². The highest BCUT2D eigenvalue weighted by Crippen LogP contribution is 2.26. The van der Waals surface area contributed by atoms with Gasteiger partial charge < -0.3 is 21.1 Å². The zero-order valence-electron chi connectivity index (χ0n) is 12.1. The van der Waals surface area contributed by atoms with Crippen LogP contribution in [0.5, 0.6) is 0 Å². The standard InChI is InChI=1S/C14H18ClN3O3.ClH/c1-21-14(4-6-17-7-5-14)13(20)18-9-2-3-11(15)10(8-9)12(16)19;/h2-3,8,17H,4-7H2,1H3,(H2,16,19)(H,18,20);1H. The number of benzene rings is 1. The zero-order chi connectivity index (χ0) is 15.5. The Bertz CT molecular complexity index is 560. The zero-order valence-corrected chi connectivity index (χ0v) is 13.7. The number of anilines is 1. The Morgan fingerprint density at radius 3 is 2.55 bits per heavy atom. The van der Waals surface area contributed by atoms with Crippen LogP contribution in [0.1, 0.15) is 23.2 Å². The molecule has 2 amide bonds. The van der Waals surface area contributed by atoms with Gasteiger partial charge in [0.2, 0.25) is 5.91 Å². The number of piperidine rings is 1. The molecule has 2 rings (SSSR count). The van der Waals surface area contributed by atoms with Crippen LogP contribution < -0.4 is 16.4 Å². The van der Waals surface area contributed by atoms with Gasteiger partial charge in [0.15, 0.2) is 0 Å². The third-order valence-electron chi connectivity index (χ3n) is 3.71. The molecule has 1 aliphatic rings. The minimum absolute atomic E-state index is 0. The SMILES string of the molecule is COC1(C(=O)Nc2ccc(Cl)c(C(N)=O)c2)CCNCC1.Cl. The third kappa shape index (κ3) is 3.89. The molecule has 0 radical (unpaired) electrons. The van der Waals surface area contributed by atoms with E-state index in [4.69, 9.17) is 22.1 Å². The van der Waals surface area contributed by atoms with E-state index < -0.39 is 11.5 Å². The average molecular weight is 348 g/mol. The van der Waals surface area contributed by atoms with Crippen LogP contribution in [0.25, 0.3) is 0 Å². The monoisotopic (exact) mass is 347 g/mol. The molecular weight excluding hydrogens is 329 g/mol. The molecule has 1 saturated heterocycles. The minimum atomic E-state index is -0.849. The number of methoxy groups -OCH3 is 1. The van der Waals surface area contributed by atoms with Gasteiger partial charge in [-0.15, -0.1) is 12.4 Å². The van der Waals surface area contributed by atoms with Crippen molar-refractivity contribution in [2.24, 2.45) is 5.73 Å². The Morgan fingerprint density at radius 2 is 2.00 bits per heavy atom. The molecule has 0 atom stereocenters. The Balaban J connectivity index is 0.00000242. The third-order valence-corrected chi connectivity index (χ3v) is 4.04. The number of carbonyl (C=O) groups is 2. The van der Waals surface area contributed by atoms with Crippen LogP contribution in [0, 0.1) is 0 Å². The number of hydrogen-bond donors (Lipinski definition) is 3. The highest BCUT2D eigenvalue weighted by molar-refractivity contribution is 6.34. The van der Waals surface area contributed by atoms with Gasteiger partial charge in [0.05, 0.1) is 10.6 Å². The molecule has 0 unspecified atom stereocenters. The molecule has 0 aliphatic carbocycles. The van der Waals surface area contributed by atoms with E-state index in [1.54, 1.807) is 6.07 Å². The first-order valence-electron chi connectivity index (χ1n) is 6.65. The summed E-state index contributed by atoms with van der Waals surface area (Å²) in [7, 11) is 1.53. The Morgan fingerprint density at radius 1 is 1.36 bits per heavy atom. The summed E-state index contributed by atoms with van der Waals surface area (Å²) >= 11 is 5.88. The molecule has 22 heavy (non-hydrogen) atoms. The number of rotatable bonds is 4. The average Bonchev–Trinajstić information content (AvgIpc) is 2.49. The number of nitrogens with one attached hydrogen (secondary N) is 2. The van der Waals surface area contributed by atoms with Crippen molar-refractivity contribution in [1.82, 2.24) is 5.32 Å². The second kappa shape index (κ2) is 7.78. The van der Waals surface area contributed by atoms with Gasteiger partial charge in [0.25, 0.3) is 5.91 Å². The molecule has 0 bridgehead atoms. The number of carbonyl (C=O) groups excluding carboxylic acids is 2. The van der Waals surface area contributed by atoms with Gasteiger partial charge in [-0.2, -0.15) is 0 Å². The van der Waals surface area contributed by atoms with Crippen molar-refractivity contribution >= 4 is 41.5 Å². The van der Waals surface area contributed by atoms with Crippen LogP contribution in [-0.4, -0.2) is 37.6 Å². The summed E-state index contributed by atoms with van der Waals surface area (Å²) in [6.07, 6.45) is 1.18. The van der Waals surface area contributed by atoms with E-state index in [9.17, 15) is 9.59 Å². The van der Waals surface area contributed by atoms with Crippen LogP contribution in [0.15, 0.2) is 18.2 Å². The summed E-state index contributed by atoms with van der Waals surface area (Å²) in [4.78, 5) is 23.7. The molecule has 1 aromatic rings. The van der Waals surface area contributed by atoms with Crippen molar-refractivity contribution in [3.05, 3.63) is 28.8 Å². The number of ether oxygens (including phenoxy) is 1. The summed E-state index contributed by atoms with van der Waals surface area (Å²) in [5, 5.41) is 6.21. The number of nitrogens with two attached hydrogens (primary N) is 1. The van der Waals surface area contributed by atoms with E-state index >= 15 is 0 Å². The van der Waals surface area contributed by atoms with Gasteiger partial charge in [0.1, 0.15) is 5.60 Å². The lowest BCUT2D eigenvalue weighted by Crippen LogP contribution is -2.51. The molecule has 122 valence electrons. The van der Waals surface area contributed by atoms with E-state index in [0.717, 1.165) is 0 Å². The summed E-state index contributed by atoms with van der Waals surface area (Å²) < 4.78 is 5.44. The maximum Gasteiger partial charge on any atom is 0.256 e. The first-order valence-corrected chi connectivity index (χ1v) is 7.03. The second-order valence-corrected chi connectivity index (χ2v) is 5.37.